The van der Waals surface area contributed by atoms with E-state index in [4.69, 9.17) is 5.10 Å². The lowest BCUT2D eigenvalue weighted by Gasteiger charge is -2.39. The molecule has 2 rings (SSSR count). The summed E-state index contributed by atoms with van der Waals surface area (Å²) in [6, 6.07) is 3.98. The molecule has 0 bridgehead atoms. The van der Waals surface area contributed by atoms with Gasteiger partial charge >= 0.3 is 0 Å². The Morgan fingerprint density at radius 3 is 2.86 bits per heavy atom. The summed E-state index contributed by atoms with van der Waals surface area (Å²) in [7, 11) is 0. The van der Waals surface area contributed by atoms with E-state index in [-0.39, 0.29) is 0 Å². The smallest absolute Gasteiger partial charge is 0.0765 e. The van der Waals surface area contributed by atoms with Crippen molar-refractivity contribution in [3.63, 3.8) is 0 Å². The SMILES string of the molecule is CCCC1CN(Cc2ccn(C(C)CC)n2)C(CC)CN1. The normalized spacial score (nSPS) is 25.1. The Hall–Kier alpha value is -0.870. The number of aromatic nitrogens is 2. The molecule has 4 heteroatoms. The number of nitrogens with one attached hydrogen (secondary N) is 1. The zero-order valence-electron chi connectivity index (χ0n) is 14.2. The molecule has 1 fully saturated rings. The van der Waals surface area contributed by atoms with Crippen LogP contribution in [0.4, 0.5) is 0 Å². The maximum Gasteiger partial charge on any atom is 0.0765 e. The quantitative estimate of drug-likeness (QED) is 0.838. The number of nitrogens with zero attached hydrogens (tertiary/aromatic N) is 3. The van der Waals surface area contributed by atoms with E-state index in [2.05, 4.69) is 54.9 Å². The van der Waals surface area contributed by atoms with Gasteiger partial charge in [-0.05, 0) is 32.3 Å². The maximum absolute atomic E-state index is 4.77. The summed E-state index contributed by atoms with van der Waals surface area (Å²) >= 11 is 0. The largest absolute Gasteiger partial charge is 0.311 e. The lowest BCUT2D eigenvalue weighted by molar-refractivity contribution is 0.114. The molecule has 1 aromatic rings. The fraction of sp³-hybridized carbons (Fsp3) is 0.824. The van der Waals surface area contributed by atoms with Crippen LogP contribution >= 0.6 is 0 Å². The summed E-state index contributed by atoms with van der Waals surface area (Å²) in [6.45, 7) is 12.3. The third-order valence-electron chi connectivity index (χ3n) is 4.79. The Kier molecular flexibility index (Phi) is 6.24. The zero-order valence-corrected chi connectivity index (χ0v) is 14.2. The van der Waals surface area contributed by atoms with Crippen LogP contribution in [0.3, 0.4) is 0 Å². The monoisotopic (exact) mass is 292 g/mol. The van der Waals surface area contributed by atoms with Crippen molar-refractivity contribution in [2.24, 2.45) is 0 Å². The first-order chi connectivity index (χ1) is 10.2. The van der Waals surface area contributed by atoms with E-state index in [9.17, 15) is 0 Å². The summed E-state index contributed by atoms with van der Waals surface area (Å²) in [5, 5.41) is 8.47. The Bertz CT molecular complexity index is 415. The first-order valence-corrected chi connectivity index (χ1v) is 8.69. The molecule has 0 radical (unpaired) electrons. The molecular weight excluding hydrogens is 260 g/mol. The van der Waals surface area contributed by atoms with E-state index in [1.807, 2.05) is 0 Å². The molecule has 4 nitrogen and oxygen atoms in total. The average molecular weight is 292 g/mol. The Morgan fingerprint density at radius 1 is 1.38 bits per heavy atom. The molecule has 1 N–H and O–H groups in total. The predicted octanol–water partition coefficient (Wildman–Crippen LogP) is 3.21. The Morgan fingerprint density at radius 2 is 2.19 bits per heavy atom. The molecule has 0 aromatic carbocycles. The molecule has 0 amide bonds. The highest BCUT2D eigenvalue weighted by Gasteiger charge is 2.26. The van der Waals surface area contributed by atoms with Crippen LogP contribution < -0.4 is 5.32 Å². The van der Waals surface area contributed by atoms with Gasteiger partial charge in [-0.25, -0.2) is 0 Å². The molecule has 3 unspecified atom stereocenters. The number of hydrogen-bond acceptors (Lipinski definition) is 3. The maximum atomic E-state index is 4.77. The summed E-state index contributed by atoms with van der Waals surface area (Å²) < 4.78 is 2.11. The van der Waals surface area contributed by atoms with Gasteiger partial charge in [0, 0.05) is 44.0 Å². The predicted molar refractivity (Wildman–Crippen MR) is 88.4 cm³/mol. The van der Waals surface area contributed by atoms with Gasteiger partial charge in [0.25, 0.3) is 0 Å². The molecule has 3 atom stereocenters. The van der Waals surface area contributed by atoms with Gasteiger partial charge < -0.3 is 5.32 Å². The van der Waals surface area contributed by atoms with Crippen molar-refractivity contribution in [2.75, 3.05) is 13.1 Å². The van der Waals surface area contributed by atoms with Gasteiger partial charge in [0.1, 0.15) is 0 Å². The summed E-state index contributed by atoms with van der Waals surface area (Å²) in [5.41, 5.74) is 1.21. The van der Waals surface area contributed by atoms with E-state index in [1.165, 1.54) is 25.0 Å². The van der Waals surface area contributed by atoms with Crippen molar-refractivity contribution < 1.29 is 0 Å². The van der Waals surface area contributed by atoms with Crippen LogP contribution in [0.25, 0.3) is 0 Å². The Labute approximate surface area is 129 Å². The van der Waals surface area contributed by atoms with Gasteiger partial charge in [0.2, 0.25) is 0 Å². The van der Waals surface area contributed by atoms with E-state index in [1.54, 1.807) is 0 Å². The zero-order chi connectivity index (χ0) is 15.2. The highest BCUT2D eigenvalue weighted by molar-refractivity contribution is 5.01. The number of rotatable bonds is 7. The minimum atomic E-state index is 0.497. The van der Waals surface area contributed by atoms with Gasteiger partial charge in [0.15, 0.2) is 0 Å². The summed E-state index contributed by atoms with van der Waals surface area (Å²) in [6.07, 6.45) is 7.00. The fourth-order valence-electron chi connectivity index (χ4n) is 3.17. The highest BCUT2D eigenvalue weighted by Crippen LogP contribution is 2.17. The van der Waals surface area contributed by atoms with E-state index in [0.29, 0.717) is 18.1 Å². The summed E-state index contributed by atoms with van der Waals surface area (Å²) in [4.78, 5) is 2.63. The van der Waals surface area contributed by atoms with Gasteiger partial charge in [-0.3, -0.25) is 9.58 Å². The third kappa shape index (κ3) is 4.30. The van der Waals surface area contributed by atoms with E-state index < -0.39 is 0 Å². The molecular formula is C17H32N4. The van der Waals surface area contributed by atoms with E-state index in [0.717, 1.165) is 26.1 Å². The average Bonchev–Trinajstić information content (AvgIpc) is 2.96. The molecule has 0 spiro atoms. The van der Waals surface area contributed by atoms with E-state index >= 15 is 0 Å². The number of hydrogen-bond donors (Lipinski definition) is 1. The molecule has 0 aliphatic carbocycles. The lowest BCUT2D eigenvalue weighted by Crippen LogP contribution is -2.55. The van der Waals surface area contributed by atoms with Crippen molar-refractivity contribution in [2.45, 2.75) is 78.0 Å². The highest BCUT2D eigenvalue weighted by atomic mass is 15.3. The molecule has 1 aliphatic heterocycles. The van der Waals surface area contributed by atoms with Gasteiger partial charge in [-0.1, -0.05) is 27.2 Å². The molecule has 0 saturated carbocycles. The Balaban J connectivity index is 1.99. The number of piperazine rings is 1. The van der Waals surface area contributed by atoms with Crippen LogP contribution in [-0.4, -0.2) is 39.9 Å². The van der Waals surface area contributed by atoms with Crippen LogP contribution in [0.15, 0.2) is 12.3 Å². The topological polar surface area (TPSA) is 33.1 Å². The molecule has 2 heterocycles. The molecule has 120 valence electrons. The minimum absolute atomic E-state index is 0.497. The van der Waals surface area contributed by atoms with Gasteiger partial charge in [-0.2, -0.15) is 5.10 Å². The van der Waals surface area contributed by atoms with Crippen molar-refractivity contribution in [3.05, 3.63) is 18.0 Å². The van der Waals surface area contributed by atoms with Crippen molar-refractivity contribution in [3.8, 4) is 0 Å². The first kappa shape index (κ1) is 16.5. The molecule has 1 saturated heterocycles. The summed E-state index contributed by atoms with van der Waals surface area (Å²) in [5.74, 6) is 0. The van der Waals surface area contributed by atoms with Crippen LogP contribution in [0.2, 0.25) is 0 Å². The fourth-order valence-corrected chi connectivity index (χ4v) is 3.17. The van der Waals surface area contributed by atoms with Crippen molar-refractivity contribution in [1.29, 1.82) is 0 Å². The van der Waals surface area contributed by atoms with Crippen molar-refractivity contribution in [1.82, 2.24) is 20.0 Å². The van der Waals surface area contributed by atoms with Crippen LogP contribution in [-0.2, 0) is 6.54 Å². The molecule has 21 heavy (non-hydrogen) atoms. The lowest BCUT2D eigenvalue weighted by atomic mass is 10.0. The first-order valence-electron chi connectivity index (χ1n) is 8.69. The second-order valence-electron chi connectivity index (χ2n) is 6.43. The van der Waals surface area contributed by atoms with Crippen LogP contribution in [0.1, 0.15) is 65.1 Å². The van der Waals surface area contributed by atoms with Gasteiger partial charge in [0.05, 0.1) is 5.69 Å². The standard InChI is InChI=1S/C17H32N4/c1-5-8-15-12-20(17(7-3)11-18-15)13-16-9-10-21(19-16)14(4)6-2/h9-10,14-15,17-18H,5-8,11-13H2,1-4H3. The molecule has 1 aromatic heterocycles. The third-order valence-corrected chi connectivity index (χ3v) is 4.79. The molecule has 1 aliphatic rings. The second-order valence-corrected chi connectivity index (χ2v) is 6.43. The van der Waals surface area contributed by atoms with Gasteiger partial charge in [-0.15, -0.1) is 0 Å². The van der Waals surface area contributed by atoms with Crippen molar-refractivity contribution >= 4 is 0 Å². The second kappa shape index (κ2) is 7.95. The van der Waals surface area contributed by atoms with Crippen LogP contribution in [0.5, 0.6) is 0 Å². The minimum Gasteiger partial charge on any atom is -0.311 e. The van der Waals surface area contributed by atoms with Crippen LogP contribution in [0, 0.1) is 0 Å².